The molecule has 1 aromatic carbocycles. The zero-order valence-electron chi connectivity index (χ0n) is 10.2. The molecule has 0 aliphatic carbocycles. The van der Waals surface area contributed by atoms with Crippen LogP contribution >= 0.6 is 0 Å². The van der Waals surface area contributed by atoms with Gasteiger partial charge in [0.05, 0.1) is 18.0 Å². The largest absolute Gasteiger partial charge is 0.350 e. The molecule has 1 heterocycles. The summed E-state index contributed by atoms with van der Waals surface area (Å²) in [5.41, 5.74) is 3.95. The SMILES string of the molecule is Cc1ccc(C)c2c1c(C(=O)CC#N)cn2C. The number of nitriles is 1. The minimum atomic E-state index is -0.105. The zero-order chi connectivity index (χ0) is 12.6. The second kappa shape index (κ2) is 4.06. The van der Waals surface area contributed by atoms with Crippen molar-refractivity contribution in [2.75, 3.05) is 0 Å². The Hall–Kier alpha value is -2.08. The molecular formula is C14H14N2O. The van der Waals surface area contributed by atoms with E-state index in [1.54, 1.807) is 0 Å². The molecule has 17 heavy (non-hydrogen) atoms. The number of carbonyl (C=O) groups is 1. The minimum Gasteiger partial charge on any atom is -0.350 e. The summed E-state index contributed by atoms with van der Waals surface area (Å²) in [5, 5.41) is 9.60. The van der Waals surface area contributed by atoms with Gasteiger partial charge in [-0.15, -0.1) is 0 Å². The molecule has 1 aromatic heterocycles. The lowest BCUT2D eigenvalue weighted by atomic mass is 10.0. The van der Waals surface area contributed by atoms with Gasteiger partial charge in [-0.1, -0.05) is 12.1 Å². The van der Waals surface area contributed by atoms with E-state index in [0.717, 1.165) is 22.0 Å². The molecule has 0 unspecified atom stereocenters. The summed E-state index contributed by atoms with van der Waals surface area (Å²) >= 11 is 0. The number of carbonyl (C=O) groups excluding carboxylic acids is 1. The third kappa shape index (κ3) is 1.72. The maximum Gasteiger partial charge on any atom is 0.179 e. The zero-order valence-corrected chi connectivity index (χ0v) is 10.2. The molecular weight excluding hydrogens is 212 g/mol. The van der Waals surface area contributed by atoms with Crippen molar-refractivity contribution in [2.24, 2.45) is 7.05 Å². The van der Waals surface area contributed by atoms with Crippen molar-refractivity contribution in [3.05, 3.63) is 35.0 Å². The van der Waals surface area contributed by atoms with Gasteiger partial charge in [-0.25, -0.2) is 0 Å². The van der Waals surface area contributed by atoms with Gasteiger partial charge in [0.1, 0.15) is 0 Å². The topological polar surface area (TPSA) is 45.8 Å². The molecule has 0 atom stereocenters. The Morgan fingerprint density at radius 2 is 2.00 bits per heavy atom. The van der Waals surface area contributed by atoms with Gasteiger partial charge in [-0.3, -0.25) is 4.79 Å². The molecule has 0 aliphatic rings. The van der Waals surface area contributed by atoms with Gasteiger partial charge >= 0.3 is 0 Å². The number of benzene rings is 1. The van der Waals surface area contributed by atoms with Crippen LogP contribution in [0.5, 0.6) is 0 Å². The number of aryl methyl sites for hydroxylation is 3. The molecule has 0 N–H and O–H groups in total. The van der Waals surface area contributed by atoms with Gasteiger partial charge in [-0.2, -0.15) is 5.26 Å². The van der Waals surface area contributed by atoms with Crippen LogP contribution in [0.25, 0.3) is 10.9 Å². The first-order chi connectivity index (χ1) is 8.06. The molecule has 0 saturated heterocycles. The second-order valence-corrected chi connectivity index (χ2v) is 4.33. The van der Waals surface area contributed by atoms with E-state index in [1.165, 1.54) is 0 Å². The van der Waals surface area contributed by atoms with E-state index in [0.29, 0.717) is 5.56 Å². The molecule has 0 fully saturated rings. The first-order valence-electron chi connectivity index (χ1n) is 5.51. The highest BCUT2D eigenvalue weighted by atomic mass is 16.1. The van der Waals surface area contributed by atoms with Gasteiger partial charge in [0.15, 0.2) is 5.78 Å². The van der Waals surface area contributed by atoms with Crippen LogP contribution in [-0.4, -0.2) is 10.4 Å². The fourth-order valence-corrected chi connectivity index (χ4v) is 2.29. The van der Waals surface area contributed by atoms with Crippen LogP contribution in [0, 0.1) is 25.2 Å². The minimum absolute atomic E-state index is 0.0630. The molecule has 86 valence electrons. The quantitative estimate of drug-likeness (QED) is 0.739. The van der Waals surface area contributed by atoms with Crippen molar-refractivity contribution in [3.63, 3.8) is 0 Å². The number of nitrogens with zero attached hydrogens (tertiary/aromatic N) is 2. The molecule has 0 bridgehead atoms. The lowest BCUT2D eigenvalue weighted by Gasteiger charge is -2.03. The molecule has 3 nitrogen and oxygen atoms in total. The van der Waals surface area contributed by atoms with E-state index >= 15 is 0 Å². The first kappa shape index (κ1) is 11.4. The molecule has 0 saturated carbocycles. The van der Waals surface area contributed by atoms with Crippen LogP contribution in [0.15, 0.2) is 18.3 Å². The molecule has 2 aromatic rings. The summed E-state index contributed by atoms with van der Waals surface area (Å²) in [6, 6.07) is 5.98. The van der Waals surface area contributed by atoms with Gasteiger partial charge in [0.2, 0.25) is 0 Å². The van der Waals surface area contributed by atoms with E-state index in [9.17, 15) is 4.79 Å². The normalized spacial score (nSPS) is 10.5. The van der Waals surface area contributed by atoms with Crippen molar-refractivity contribution < 1.29 is 4.79 Å². The predicted octanol–water partition coefficient (Wildman–Crippen LogP) is 2.89. The number of hydrogen-bond acceptors (Lipinski definition) is 2. The van der Waals surface area contributed by atoms with Crippen LogP contribution in [-0.2, 0) is 7.05 Å². The Balaban J connectivity index is 2.79. The molecule has 0 spiro atoms. The summed E-state index contributed by atoms with van der Waals surface area (Å²) in [5.74, 6) is -0.105. The fraction of sp³-hybridized carbons (Fsp3) is 0.286. The van der Waals surface area contributed by atoms with Crippen molar-refractivity contribution in [3.8, 4) is 6.07 Å². The number of ketones is 1. The second-order valence-electron chi connectivity index (χ2n) is 4.33. The maximum atomic E-state index is 11.9. The standard InChI is InChI=1S/C14H14N2O/c1-9-4-5-10(2)14-13(9)11(8-16(14)3)12(17)6-7-15/h4-5,8H,6H2,1-3H3. The van der Waals surface area contributed by atoms with Crippen LogP contribution in [0.4, 0.5) is 0 Å². The number of Topliss-reactive ketones (excluding diaryl/α,β-unsaturated/α-hetero) is 1. The first-order valence-corrected chi connectivity index (χ1v) is 5.51. The Labute approximate surface area is 100 Å². The average Bonchev–Trinajstić information content (AvgIpc) is 2.63. The molecule has 0 amide bonds. The highest BCUT2D eigenvalue weighted by molar-refractivity contribution is 6.10. The lowest BCUT2D eigenvalue weighted by molar-refractivity contribution is 0.0999. The Morgan fingerprint density at radius 3 is 2.65 bits per heavy atom. The van der Waals surface area contributed by atoms with Crippen LogP contribution < -0.4 is 0 Å². The average molecular weight is 226 g/mol. The predicted molar refractivity (Wildman–Crippen MR) is 67.0 cm³/mol. The summed E-state index contributed by atoms with van der Waals surface area (Å²) < 4.78 is 1.96. The third-order valence-corrected chi connectivity index (χ3v) is 3.07. The Morgan fingerprint density at radius 1 is 1.35 bits per heavy atom. The number of aromatic nitrogens is 1. The smallest absolute Gasteiger partial charge is 0.179 e. The van der Waals surface area contributed by atoms with E-state index in [2.05, 4.69) is 6.07 Å². The Kier molecular flexibility index (Phi) is 2.72. The summed E-state index contributed by atoms with van der Waals surface area (Å²) in [7, 11) is 1.93. The van der Waals surface area contributed by atoms with Gasteiger partial charge in [-0.05, 0) is 25.0 Å². The van der Waals surface area contributed by atoms with Crippen LogP contribution in [0.1, 0.15) is 27.9 Å². The molecule has 0 aliphatic heterocycles. The Bertz CT molecular complexity index is 644. The van der Waals surface area contributed by atoms with E-state index in [-0.39, 0.29) is 12.2 Å². The van der Waals surface area contributed by atoms with Crippen molar-refractivity contribution in [1.29, 1.82) is 5.26 Å². The fourth-order valence-electron chi connectivity index (χ4n) is 2.29. The third-order valence-electron chi connectivity index (χ3n) is 3.07. The summed E-state index contributed by atoms with van der Waals surface area (Å²) in [4.78, 5) is 11.9. The monoisotopic (exact) mass is 226 g/mol. The number of fused-ring (bicyclic) bond motifs is 1. The maximum absolute atomic E-state index is 11.9. The van der Waals surface area contributed by atoms with Gasteiger partial charge in [0.25, 0.3) is 0 Å². The highest BCUT2D eigenvalue weighted by Gasteiger charge is 2.16. The molecule has 2 rings (SSSR count). The van der Waals surface area contributed by atoms with Gasteiger partial charge < -0.3 is 4.57 Å². The van der Waals surface area contributed by atoms with Crippen molar-refractivity contribution in [2.45, 2.75) is 20.3 Å². The van der Waals surface area contributed by atoms with E-state index in [4.69, 9.17) is 5.26 Å². The van der Waals surface area contributed by atoms with E-state index < -0.39 is 0 Å². The highest BCUT2D eigenvalue weighted by Crippen LogP contribution is 2.27. The number of rotatable bonds is 2. The number of hydrogen-bond donors (Lipinski definition) is 0. The summed E-state index contributed by atoms with van der Waals surface area (Å²) in [6.07, 6.45) is 1.76. The van der Waals surface area contributed by atoms with Crippen LogP contribution in [0.2, 0.25) is 0 Å². The van der Waals surface area contributed by atoms with Crippen molar-refractivity contribution in [1.82, 2.24) is 4.57 Å². The lowest BCUT2D eigenvalue weighted by Crippen LogP contribution is -1.96. The van der Waals surface area contributed by atoms with Gasteiger partial charge in [0, 0.05) is 24.2 Å². The van der Waals surface area contributed by atoms with Crippen molar-refractivity contribution >= 4 is 16.7 Å². The van der Waals surface area contributed by atoms with E-state index in [1.807, 2.05) is 43.8 Å². The molecule has 3 heteroatoms. The summed E-state index contributed by atoms with van der Waals surface area (Å²) in [6.45, 7) is 4.02. The van der Waals surface area contributed by atoms with Crippen LogP contribution in [0.3, 0.4) is 0 Å². The molecule has 0 radical (unpaired) electrons.